The van der Waals surface area contributed by atoms with E-state index in [9.17, 15) is 18.0 Å². The minimum absolute atomic E-state index is 0.0528. The third-order valence-corrected chi connectivity index (χ3v) is 5.89. The van der Waals surface area contributed by atoms with E-state index in [0.29, 0.717) is 28.2 Å². The molecule has 0 saturated carbocycles. The summed E-state index contributed by atoms with van der Waals surface area (Å²) in [6, 6.07) is 18.4. The molecule has 0 atom stereocenters. The number of pyridine rings is 2. The average molecular weight is 501 g/mol. The number of alkyl halides is 3. The van der Waals surface area contributed by atoms with Crippen LogP contribution in [0.25, 0.3) is 32.7 Å². The van der Waals surface area contributed by atoms with E-state index >= 15 is 0 Å². The van der Waals surface area contributed by atoms with E-state index in [0.717, 1.165) is 29.0 Å². The molecule has 0 amide bonds. The van der Waals surface area contributed by atoms with Crippen LogP contribution < -0.4 is 10.4 Å². The molecule has 10 heteroatoms. The van der Waals surface area contributed by atoms with Crippen LogP contribution in [0.1, 0.15) is 11.3 Å². The molecule has 3 aromatic heterocycles. The maximum atomic E-state index is 13.2. The molecule has 0 aliphatic heterocycles. The lowest BCUT2D eigenvalue weighted by Gasteiger charge is -2.12. The molecule has 0 saturated heterocycles. The summed E-state index contributed by atoms with van der Waals surface area (Å²) in [6.07, 6.45) is -1.85. The van der Waals surface area contributed by atoms with Crippen molar-refractivity contribution in [1.29, 1.82) is 0 Å². The van der Waals surface area contributed by atoms with Crippen LogP contribution in [0, 0.1) is 6.57 Å². The van der Waals surface area contributed by atoms with Crippen molar-refractivity contribution < 1.29 is 17.9 Å². The van der Waals surface area contributed by atoms with Crippen molar-refractivity contribution >= 4 is 11.3 Å². The zero-order chi connectivity index (χ0) is 26.2. The van der Waals surface area contributed by atoms with Crippen LogP contribution in [0.2, 0.25) is 0 Å². The Morgan fingerprint density at radius 2 is 1.68 bits per heavy atom. The van der Waals surface area contributed by atoms with Crippen LogP contribution in [0.4, 0.5) is 18.9 Å². The Morgan fingerprint density at radius 1 is 0.973 bits per heavy atom. The number of halogens is 3. The van der Waals surface area contributed by atoms with Gasteiger partial charge < -0.3 is 4.74 Å². The Balaban J connectivity index is 1.65. The van der Waals surface area contributed by atoms with Gasteiger partial charge in [0.05, 0.1) is 20.2 Å². The predicted octanol–water partition coefficient (Wildman–Crippen LogP) is 5.85. The van der Waals surface area contributed by atoms with Gasteiger partial charge >= 0.3 is 11.9 Å². The number of methoxy groups -OCH3 is 1. The predicted molar refractivity (Wildman–Crippen MR) is 131 cm³/mol. The van der Waals surface area contributed by atoms with E-state index in [1.165, 1.54) is 15.1 Å². The third-order valence-electron chi connectivity index (χ3n) is 5.89. The largest absolute Gasteiger partial charge is 0.497 e. The second kappa shape index (κ2) is 9.28. The minimum atomic E-state index is -4.55. The van der Waals surface area contributed by atoms with Crippen molar-refractivity contribution in [2.24, 2.45) is 0 Å². The molecule has 0 spiro atoms. The topological polar surface area (TPSA) is 65.8 Å². The Labute approximate surface area is 208 Å². The first-order valence-corrected chi connectivity index (χ1v) is 11.0. The lowest BCUT2D eigenvalue weighted by Crippen LogP contribution is -2.21. The maximum absolute atomic E-state index is 13.2. The van der Waals surface area contributed by atoms with Crippen LogP contribution in [0.3, 0.4) is 0 Å². The molecule has 5 rings (SSSR count). The number of nitrogens with zero attached hydrogens (tertiary/aromatic N) is 5. The second-order valence-electron chi connectivity index (χ2n) is 8.17. The van der Waals surface area contributed by atoms with Crippen LogP contribution in [0.15, 0.2) is 83.9 Å². The fourth-order valence-corrected chi connectivity index (χ4v) is 4.04. The van der Waals surface area contributed by atoms with E-state index in [2.05, 4.69) is 14.9 Å². The zero-order valence-electron chi connectivity index (χ0n) is 19.4. The summed E-state index contributed by atoms with van der Waals surface area (Å²) in [7, 11) is 1.57. The lowest BCUT2D eigenvalue weighted by atomic mass is 9.95. The summed E-state index contributed by atoms with van der Waals surface area (Å²) in [5.41, 5.74) is 2.92. The molecule has 0 aliphatic carbocycles. The van der Waals surface area contributed by atoms with Crippen molar-refractivity contribution in [3.8, 4) is 28.0 Å². The number of aromatic nitrogens is 4. The summed E-state index contributed by atoms with van der Waals surface area (Å²) in [5.74, 6) is 0.663. The van der Waals surface area contributed by atoms with Crippen LogP contribution in [-0.2, 0) is 12.7 Å². The monoisotopic (exact) mass is 501 g/mol. The average Bonchev–Trinajstić information content (AvgIpc) is 3.23. The Kier molecular flexibility index (Phi) is 5.97. The molecule has 0 aliphatic rings. The molecule has 0 N–H and O–H groups in total. The smallest absolute Gasteiger partial charge is 0.433 e. The van der Waals surface area contributed by atoms with Gasteiger partial charge in [-0.3, -0.25) is 4.98 Å². The standard InChI is InChI=1S/C27H18F3N5O2/c1-31-20-8-4-18(5-9-20)22-13-14-34-25(24(22)19-6-10-21(37-2)11-7-19)33-35(26(34)36)16-17-3-12-23(32-15-17)27(28,29)30/h3-15H,16H2,2H3. The molecule has 0 unspecified atom stereocenters. The van der Waals surface area contributed by atoms with Crippen molar-refractivity contribution in [2.75, 3.05) is 7.11 Å². The van der Waals surface area contributed by atoms with Gasteiger partial charge in [0.25, 0.3) is 0 Å². The summed E-state index contributed by atoms with van der Waals surface area (Å²) in [6.45, 7) is 7.15. The van der Waals surface area contributed by atoms with Gasteiger partial charge in [-0.25, -0.2) is 18.7 Å². The van der Waals surface area contributed by atoms with Gasteiger partial charge in [-0.2, -0.15) is 13.2 Å². The number of benzene rings is 2. The fourth-order valence-electron chi connectivity index (χ4n) is 4.04. The van der Waals surface area contributed by atoms with E-state index in [1.54, 1.807) is 43.6 Å². The van der Waals surface area contributed by atoms with E-state index in [4.69, 9.17) is 11.3 Å². The molecular formula is C27H18F3N5O2. The van der Waals surface area contributed by atoms with Crippen molar-refractivity contribution in [3.05, 3.63) is 112 Å². The number of rotatable bonds is 5. The maximum Gasteiger partial charge on any atom is 0.433 e. The molecule has 0 fully saturated rings. The van der Waals surface area contributed by atoms with Gasteiger partial charge in [0.15, 0.2) is 11.3 Å². The van der Waals surface area contributed by atoms with Crippen molar-refractivity contribution in [1.82, 2.24) is 19.2 Å². The fraction of sp³-hybridized carbons (Fsp3) is 0.111. The highest BCUT2D eigenvalue weighted by atomic mass is 19.4. The quantitative estimate of drug-likeness (QED) is 0.284. The first kappa shape index (κ1) is 23.8. The highest BCUT2D eigenvalue weighted by Gasteiger charge is 2.32. The van der Waals surface area contributed by atoms with E-state index < -0.39 is 17.6 Å². The molecule has 5 aromatic rings. The minimum Gasteiger partial charge on any atom is -0.497 e. The van der Waals surface area contributed by atoms with Crippen LogP contribution in [0.5, 0.6) is 5.75 Å². The van der Waals surface area contributed by atoms with E-state index in [-0.39, 0.29) is 6.54 Å². The molecule has 37 heavy (non-hydrogen) atoms. The normalized spacial score (nSPS) is 11.4. The zero-order valence-corrected chi connectivity index (χ0v) is 19.4. The lowest BCUT2D eigenvalue weighted by molar-refractivity contribution is -0.141. The first-order valence-electron chi connectivity index (χ1n) is 11.0. The molecule has 0 radical (unpaired) electrons. The van der Waals surface area contributed by atoms with Crippen LogP contribution >= 0.6 is 0 Å². The molecule has 3 heterocycles. The summed E-state index contributed by atoms with van der Waals surface area (Å²) >= 11 is 0. The highest BCUT2D eigenvalue weighted by Crippen LogP contribution is 2.36. The van der Waals surface area contributed by atoms with Gasteiger partial charge in [-0.1, -0.05) is 42.5 Å². The van der Waals surface area contributed by atoms with Gasteiger partial charge in [0.2, 0.25) is 0 Å². The van der Waals surface area contributed by atoms with Crippen molar-refractivity contribution in [2.45, 2.75) is 12.7 Å². The molecule has 7 nitrogen and oxygen atoms in total. The Hall–Kier alpha value is -4.91. The second-order valence-corrected chi connectivity index (χ2v) is 8.17. The Bertz CT molecular complexity index is 1680. The van der Waals surface area contributed by atoms with Crippen molar-refractivity contribution in [3.63, 3.8) is 0 Å². The summed E-state index contributed by atoms with van der Waals surface area (Å²) < 4.78 is 46.5. The third kappa shape index (κ3) is 4.54. The molecular weight excluding hydrogens is 483 g/mol. The Morgan fingerprint density at radius 3 is 2.27 bits per heavy atom. The van der Waals surface area contributed by atoms with Gasteiger partial charge in [-0.15, -0.1) is 5.10 Å². The molecule has 0 bridgehead atoms. The number of hydrogen-bond acceptors (Lipinski definition) is 4. The number of fused-ring (bicyclic) bond motifs is 1. The summed E-state index contributed by atoms with van der Waals surface area (Å²) in [4.78, 5) is 20.1. The number of ether oxygens (including phenoxy) is 1. The highest BCUT2D eigenvalue weighted by molar-refractivity contribution is 5.92. The number of hydrogen-bond donors (Lipinski definition) is 0. The molecule has 2 aromatic carbocycles. The molecule has 184 valence electrons. The van der Waals surface area contributed by atoms with Gasteiger partial charge in [0, 0.05) is 18.0 Å². The first-order chi connectivity index (χ1) is 17.8. The SMILES string of the molecule is [C-]#[N+]c1ccc(-c2ccn3c(=O)n(Cc4ccc(C(F)(F)F)nc4)nc3c2-c2ccc(OC)cc2)cc1. The van der Waals surface area contributed by atoms with Crippen LogP contribution in [-0.4, -0.2) is 26.3 Å². The van der Waals surface area contributed by atoms with Gasteiger partial charge in [0.1, 0.15) is 11.4 Å². The van der Waals surface area contributed by atoms with E-state index in [1.807, 2.05) is 24.3 Å². The summed E-state index contributed by atoms with van der Waals surface area (Å²) in [5, 5.41) is 4.55. The van der Waals surface area contributed by atoms with Gasteiger partial charge in [-0.05, 0) is 46.5 Å².